The Morgan fingerprint density at radius 1 is 1.06 bits per heavy atom. The molecule has 78 valence electrons. The normalized spacial score (nSPS) is 9.75. The smallest absolute Gasteiger partial charge is 0.0669 e. The summed E-state index contributed by atoms with van der Waals surface area (Å²) in [6.07, 6.45) is 0.472. The largest absolute Gasteiger partial charge is 0.198 e. The Hall–Kier alpha value is -2.07. The number of nitrogens with zero attached hydrogens (tertiary/aromatic N) is 1. The van der Waals surface area contributed by atoms with Gasteiger partial charge in [-0.3, -0.25) is 0 Å². The molecule has 0 heterocycles. The predicted octanol–water partition coefficient (Wildman–Crippen LogP) is 3.73. The van der Waals surface area contributed by atoms with Crippen LogP contribution in [0.4, 0.5) is 0 Å². The Balaban J connectivity index is 2.48. The molecule has 2 aromatic carbocycles. The Morgan fingerprint density at radius 3 is 2.50 bits per heavy atom. The summed E-state index contributed by atoms with van der Waals surface area (Å²) in [6, 6.07) is 18.7. The predicted molar refractivity (Wildman–Crippen MR) is 65.9 cm³/mol. The monoisotopic (exact) mass is 207 g/mol. The third kappa shape index (κ3) is 2.12. The van der Waals surface area contributed by atoms with Gasteiger partial charge in [-0.1, -0.05) is 42.5 Å². The van der Waals surface area contributed by atoms with Gasteiger partial charge in [-0.2, -0.15) is 5.26 Å². The van der Waals surface area contributed by atoms with Crippen LogP contribution in [0.25, 0.3) is 11.1 Å². The molecule has 0 saturated carbocycles. The summed E-state index contributed by atoms with van der Waals surface area (Å²) in [6.45, 7) is 2.10. The maximum absolute atomic E-state index is 8.70. The third-order valence-corrected chi connectivity index (χ3v) is 2.67. The number of aryl methyl sites for hydroxylation is 1. The zero-order valence-corrected chi connectivity index (χ0v) is 9.27. The maximum Gasteiger partial charge on any atom is 0.0669 e. The molecule has 0 bridgehead atoms. The van der Waals surface area contributed by atoms with Crippen LogP contribution < -0.4 is 0 Å². The fraction of sp³-hybridized carbons (Fsp3) is 0.133. The molecule has 2 aromatic rings. The lowest BCUT2D eigenvalue weighted by atomic mass is 9.97. The van der Waals surface area contributed by atoms with E-state index in [-0.39, 0.29) is 0 Å². The van der Waals surface area contributed by atoms with Gasteiger partial charge >= 0.3 is 0 Å². The van der Waals surface area contributed by atoms with E-state index >= 15 is 0 Å². The molecule has 16 heavy (non-hydrogen) atoms. The van der Waals surface area contributed by atoms with Crippen molar-refractivity contribution >= 4 is 0 Å². The lowest BCUT2D eigenvalue weighted by Crippen LogP contribution is -1.87. The Labute approximate surface area is 96.0 Å². The minimum Gasteiger partial charge on any atom is -0.198 e. The summed E-state index contributed by atoms with van der Waals surface area (Å²) in [5.41, 5.74) is 4.74. The molecule has 1 heteroatoms. The molecule has 0 unspecified atom stereocenters. The van der Waals surface area contributed by atoms with E-state index in [9.17, 15) is 0 Å². The van der Waals surface area contributed by atoms with Gasteiger partial charge in [-0.25, -0.2) is 0 Å². The molecule has 0 spiro atoms. The Bertz CT molecular complexity index is 521. The van der Waals surface area contributed by atoms with Crippen LogP contribution in [0.1, 0.15) is 11.1 Å². The highest BCUT2D eigenvalue weighted by Gasteiger charge is 2.02. The van der Waals surface area contributed by atoms with Crippen molar-refractivity contribution in [1.82, 2.24) is 0 Å². The highest BCUT2D eigenvalue weighted by Crippen LogP contribution is 2.24. The van der Waals surface area contributed by atoms with Gasteiger partial charge in [0.25, 0.3) is 0 Å². The van der Waals surface area contributed by atoms with E-state index in [4.69, 9.17) is 5.26 Å². The lowest BCUT2D eigenvalue weighted by Gasteiger charge is -2.07. The molecular weight excluding hydrogens is 194 g/mol. The van der Waals surface area contributed by atoms with Crippen LogP contribution in [0.3, 0.4) is 0 Å². The molecule has 0 N–H and O–H groups in total. The number of rotatable bonds is 2. The van der Waals surface area contributed by atoms with Crippen molar-refractivity contribution in [3.05, 3.63) is 59.7 Å². The van der Waals surface area contributed by atoms with Crippen LogP contribution >= 0.6 is 0 Å². The minimum absolute atomic E-state index is 0.472. The van der Waals surface area contributed by atoms with Crippen molar-refractivity contribution in [3.63, 3.8) is 0 Å². The fourth-order valence-electron chi connectivity index (χ4n) is 1.80. The number of hydrogen-bond acceptors (Lipinski definition) is 1. The van der Waals surface area contributed by atoms with Crippen LogP contribution in [0.15, 0.2) is 48.5 Å². The Kier molecular flexibility index (Phi) is 3.03. The third-order valence-electron chi connectivity index (χ3n) is 2.67. The first kappa shape index (κ1) is 10.4. The zero-order chi connectivity index (χ0) is 11.4. The van der Waals surface area contributed by atoms with E-state index in [0.29, 0.717) is 6.42 Å². The SMILES string of the molecule is Cc1ccc(CC#N)cc1-c1ccccc1. The van der Waals surface area contributed by atoms with Crippen LogP contribution in [0, 0.1) is 18.3 Å². The van der Waals surface area contributed by atoms with E-state index < -0.39 is 0 Å². The summed E-state index contributed by atoms with van der Waals surface area (Å²) in [5, 5.41) is 8.70. The first-order valence-electron chi connectivity index (χ1n) is 5.33. The van der Waals surface area contributed by atoms with Crippen LogP contribution in [0.2, 0.25) is 0 Å². The zero-order valence-electron chi connectivity index (χ0n) is 9.27. The van der Waals surface area contributed by atoms with Crippen molar-refractivity contribution < 1.29 is 0 Å². The molecule has 0 aliphatic heterocycles. The number of hydrogen-bond donors (Lipinski definition) is 0. The maximum atomic E-state index is 8.70. The van der Waals surface area contributed by atoms with Crippen molar-refractivity contribution in [2.45, 2.75) is 13.3 Å². The van der Waals surface area contributed by atoms with E-state index in [1.807, 2.05) is 24.3 Å². The quantitative estimate of drug-likeness (QED) is 0.736. The van der Waals surface area contributed by atoms with Crippen LogP contribution in [0.5, 0.6) is 0 Å². The second kappa shape index (κ2) is 4.63. The summed E-state index contributed by atoms with van der Waals surface area (Å²) in [4.78, 5) is 0. The summed E-state index contributed by atoms with van der Waals surface area (Å²) >= 11 is 0. The van der Waals surface area contributed by atoms with Crippen molar-refractivity contribution in [2.24, 2.45) is 0 Å². The van der Waals surface area contributed by atoms with Gasteiger partial charge < -0.3 is 0 Å². The standard InChI is InChI=1S/C15H13N/c1-12-7-8-13(9-10-16)11-15(12)14-5-3-2-4-6-14/h2-8,11H,9H2,1H3. The Morgan fingerprint density at radius 2 is 1.81 bits per heavy atom. The average Bonchev–Trinajstić information content (AvgIpc) is 2.33. The molecule has 0 aliphatic carbocycles. The van der Waals surface area contributed by atoms with E-state index in [2.05, 4.69) is 37.3 Å². The molecule has 0 amide bonds. The number of nitriles is 1. The van der Waals surface area contributed by atoms with Gasteiger partial charge in [0, 0.05) is 0 Å². The summed E-state index contributed by atoms with van der Waals surface area (Å²) in [7, 11) is 0. The van der Waals surface area contributed by atoms with E-state index in [1.165, 1.54) is 16.7 Å². The van der Waals surface area contributed by atoms with Gasteiger partial charge in [0.05, 0.1) is 12.5 Å². The second-order valence-electron chi connectivity index (χ2n) is 3.85. The van der Waals surface area contributed by atoms with E-state index in [0.717, 1.165) is 5.56 Å². The van der Waals surface area contributed by atoms with Crippen molar-refractivity contribution in [3.8, 4) is 17.2 Å². The minimum atomic E-state index is 0.472. The molecule has 1 nitrogen and oxygen atoms in total. The molecule has 0 atom stereocenters. The fourth-order valence-corrected chi connectivity index (χ4v) is 1.80. The molecule has 2 rings (SSSR count). The van der Waals surface area contributed by atoms with Gasteiger partial charge in [-0.15, -0.1) is 0 Å². The first-order valence-corrected chi connectivity index (χ1v) is 5.33. The summed E-state index contributed by atoms with van der Waals surface area (Å²) < 4.78 is 0. The van der Waals surface area contributed by atoms with Gasteiger partial charge in [0.1, 0.15) is 0 Å². The van der Waals surface area contributed by atoms with Gasteiger partial charge in [-0.05, 0) is 35.2 Å². The van der Waals surface area contributed by atoms with Gasteiger partial charge in [0.15, 0.2) is 0 Å². The first-order chi connectivity index (χ1) is 7.81. The topological polar surface area (TPSA) is 23.8 Å². The molecule has 0 fully saturated rings. The molecule has 0 aliphatic rings. The van der Waals surface area contributed by atoms with E-state index in [1.54, 1.807) is 0 Å². The molecule has 0 saturated heterocycles. The van der Waals surface area contributed by atoms with Crippen molar-refractivity contribution in [1.29, 1.82) is 5.26 Å². The second-order valence-corrected chi connectivity index (χ2v) is 3.85. The lowest BCUT2D eigenvalue weighted by molar-refractivity contribution is 1.25. The molecule has 0 aromatic heterocycles. The number of benzene rings is 2. The van der Waals surface area contributed by atoms with Crippen LogP contribution in [-0.2, 0) is 6.42 Å². The molecule has 0 radical (unpaired) electrons. The van der Waals surface area contributed by atoms with Crippen LogP contribution in [-0.4, -0.2) is 0 Å². The molecular formula is C15H13N. The average molecular weight is 207 g/mol. The highest BCUT2D eigenvalue weighted by atomic mass is 14.2. The van der Waals surface area contributed by atoms with Crippen molar-refractivity contribution in [2.75, 3.05) is 0 Å². The highest BCUT2D eigenvalue weighted by molar-refractivity contribution is 5.67. The summed E-state index contributed by atoms with van der Waals surface area (Å²) in [5.74, 6) is 0. The van der Waals surface area contributed by atoms with Gasteiger partial charge in [0.2, 0.25) is 0 Å².